The van der Waals surface area contributed by atoms with Gasteiger partial charge in [0.2, 0.25) is 0 Å². The van der Waals surface area contributed by atoms with E-state index in [1.54, 1.807) is 31.2 Å². The van der Waals surface area contributed by atoms with Crippen LogP contribution < -0.4 is 0 Å². The Bertz CT molecular complexity index is 879. The van der Waals surface area contributed by atoms with E-state index in [0.29, 0.717) is 10.0 Å². The molecule has 0 saturated carbocycles. The van der Waals surface area contributed by atoms with E-state index in [2.05, 4.69) is 4.98 Å². The van der Waals surface area contributed by atoms with Crippen molar-refractivity contribution in [2.75, 3.05) is 13.1 Å². The fourth-order valence-corrected chi connectivity index (χ4v) is 5.29. The third-order valence-electron chi connectivity index (χ3n) is 4.13. The van der Waals surface area contributed by atoms with E-state index in [9.17, 15) is 18.3 Å². The first-order valence-electron chi connectivity index (χ1n) is 7.17. The summed E-state index contributed by atoms with van der Waals surface area (Å²) >= 11 is 7.07. The molecule has 0 spiro atoms. The van der Waals surface area contributed by atoms with E-state index in [-0.39, 0.29) is 24.5 Å². The molecular weight excluding hydrogens is 372 g/mol. The fraction of sp³-hybridized carbons (Fsp3) is 0.333. The lowest BCUT2D eigenvalue weighted by Gasteiger charge is -2.19. The quantitative estimate of drug-likeness (QED) is 0.872. The van der Waals surface area contributed by atoms with E-state index in [1.807, 2.05) is 0 Å². The molecule has 1 fully saturated rings. The maximum Gasteiger partial charge on any atom is 0.310 e. The van der Waals surface area contributed by atoms with Crippen molar-refractivity contribution in [3.05, 3.63) is 34.7 Å². The smallest absolute Gasteiger partial charge is 0.310 e. The topological polar surface area (TPSA) is 87.6 Å². The zero-order chi connectivity index (χ0) is 17.5. The highest BCUT2D eigenvalue weighted by Crippen LogP contribution is 2.35. The van der Waals surface area contributed by atoms with Gasteiger partial charge in [-0.05, 0) is 25.5 Å². The highest BCUT2D eigenvalue weighted by atomic mass is 35.5. The van der Waals surface area contributed by atoms with Gasteiger partial charge in [-0.25, -0.2) is 13.4 Å². The molecule has 1 N–H and O–H groups in total. The van der Waals surface area contributed by atoms with Crippen molar-refractivity contribution in [2.45, 2.75) is 18.4 Å². The number of carboxylic acids is 1. The molecule has 1 aromatic carbocycles. The van der Waals surface area contributed by atoms with Gasteiger partial charge in [0, 0.05) is 29.1 Å². The Morgan fingerprint density at radius 2 is 2.04 bits per heavy atom. The molecule has 1 aromatic heterocycles. The summed E-state index contributed by atoms with van der Waals surface area (Å²) in [6, 6.07) is 6.97. The van der Waals surface area contributed by atoms with Gasteiger partial charge in [-0.2, -0.15) is 4.31 Å². The van der Waals surface area contributed by atoms with Crippen molar-refractivity contribution >= 4 is 38.9 Å². The molecule has 1 unspecified atom stereocenters. The number of hydrogen-bond acceptors (Lipinski definition) is 5. The average molecular weight is 387 g/mol. The van der Waals surface area contributed by atoms with Crippen molar-refractivity contribution < 1.29 is 18.3 Å². The summed E-state index contributed by atoms with van der Waals surface area (Å²) in [7, 11) is -3.80. The molecule has 128 valence electrons. The van der Waals surface area contributed by atoms with Gasteiger partial charge in [0.1, 0.15) is 5.01 Å². The standard InChI is InChI=1S/C15H15ClN2O4S2/c1-15(14(19)20)6-7-18(9-15)24(21,22)12-8-23-13(17-12)10-2-4-11(16)5-3-10/h2-5,8H,6-7,9H2,1H3,(H,19,20). The summed E-state index contributed by atoms with van der Waals surface area (Å²) in [6.07, 6.45) is 0.287. The zero-order valence-corrected chi connectivity index (χ0v) is 15.2. The minimum absolute atomic E-state index is 0.0432. The molecule has 1 atom stereocenters. The van der Waals surface area contributed by atoms with E-state index >= 15 is 0 Å². The van der Waals surface area contributed by atoms with Gasteiger partial charge < -0.3 is 5.11 Å². The molecule has 0 bridgehead atoms. The molecule has 1 aliphatic heterocycles. The van der Waals surface area contributed by atoms with Crippen LogP contribution in [0.25, 0.3) is 10.6 Å². The minimum atomic E-state index is -3.80. The molecule has 9 heteroatoms. The normalized spacial score (nSPS) is 21.9. The van der Waals surface area contributed by atoms with Gasteiger partial charge >= 0.3 is 5.97 Å². The van der Waals surface area contributed by atoms with Crippen LogP contribution in [0.4, 0.5) is 0 Å². The first kappa shape index (κ1) is 17.3. The maximum absolute atomic E-state index is 12.7. The van der Waals surface area contributed by atoms with Crippen molar-refractivity contribution in [2.24, 2.45) is 5.41 Å². The van der Waals surface area contributed by atoms with Gasteiger partial charge in [0.15, 0.2) is 5.03 Å². The minimum Gasteiger partial charge on any atom is -0.481 e. The second-order valence-electron chi connectivity index (χ2n) is 5.95. The number of rotatable bonds is 4. The zero-order valence-electron chi connectivity index (χ0n) is 12.8. The molecule has 2 aromatic rings. The summed E-state index contributed by atoms with van der Waals surface area (Å²) in [5.74, 6) is -0.986. The second-order valence-corrected chi connectivity index (χ2v) is 9.13. The Hall–Kier alpha value is -1.48. The molecule has 2 heterocycles. The number of aliphatic carboxylic acids is 1. The van der Waals surface area contributed by atoms with Crippen LogP contribution in [-0.2, 0) is 14.8 Å². The molecule has 3 rings (SSSR count). The van der Waals surface area contributed by atoms with Crippen LogP contribution in [0, 0.1) is 5.41 Å². The lowest BCUT2D eigenvalue weighted by atomic mass is 9.90. The van der Waals surface area contributed by atoms with Crippen LogP contribution in [0.2, 0.25) is 5.02 Å². The van der Waals surface area contributed by atoms with Gasteiger partial charge in [-0.15, -0.1) is 11.3 Å². The Morgan fingerprint density at radius 1 is 1.38 bits per heavy atom. The van der Waals surface area contributed by atoms with Crippen LogP contribution in [-0.4, -0.2) is 41.9 Å². The largest absolute Gasteiger partial charge is 0.481 e. The van der Waals surface area contributed by atoms with Gasteiger partial charge in [-0.3, -0.25) is 4.79 Å². The van der Waals surface area contributed by atoms with Crippen molar-refractivity contribution in [1.29, 1.82) is 0 Å². The number of aromatic nitrogens is 1. The lowest BCUT2D eigenvalue weighted by molar-refractivity contribution is -0.146. The number of sulfonamides is 1. The van der Waals surface area contributed by atoms with Crippen molar-refractivity contribution in [3.63, 3.8) is 0 Å². The number of halogens is 1. The van der Waals surface area contributed by atoms with Crippen molar-refractivity contribution in [3.8, 4) is 10.6 Å². The monoisotopic (exact) mass is 386 g/mol. The SMILES string of the molecule is CC1(C(=O)O)CCN(S(=O)(=O)c2csc(-c3ccc(Cl)cc3)n2)C1. The van der Waals surface area contributed by atoms with Crippen molar-refractivity contribution in [1.82, 2.24) is 9.29 Å². The molecular formula is C15H15ClN2O4S2. The van der Waals surface area contributed by atoms with Gasteiger partial charge in [0.05, 0.1) is 5.41 Å². The van der Waals surface area contributed by atoms with Crippen LogP contribution in [0.3, 0.4) is 0 Å². The molecule has 0 radical (unpaired) electrons. The Balaban J connectivity index is 1.87. The lowest BCUT2D eigenvalue weighted by Crippen LogP contribution is -2.35. The number of nitrogens with zero attached hydrogens (tertiary/aromatic N) is 2. The summed E-state index contributed by atoms with van der Waals surface area (Å²) < 4.78 is 26.6. The first-order valence-corrected chi connectivity index (χ1v) is 9.87. The van der Waals surface area contributed by atoms with Gasteiger partial charge in [-0.1, -0.05) is 23.7 Å². The predicted molar refractivity (Wildman–Crippen MR) is 91.7 cm³/mol. The summed E-state index contributed by atoms with van der Waals surface area (Å²) in [5.41, 5.74) is -0.273. The predicted octanol–water partition coefficient (Wildman–Crippen LogP) is 2.95. The van der Waals surface area contributed by atoms with E-state index < -0.39 is 21.4 Å². The number of benzene rings is 1. The highest BCUT2D eigenvalue weighted by molar-refractivity contribution is 7.89. The van der Waals surface area contributed by atoms with Crippen LogP contribution in [0.5, 0.6) is 0 Å². The summed E-state index contributed by atoms with van der Waals surface area (Å²) in [5, 5.41) is 11.9. The van der Waals surface area contributed by atoms with Crippen LogP contribution in [0.1, 0.15) is 13.3 Å². The molecule has 1 aliphatic rings. The molecule has 0 amide bonds. The Morgan fingerprint density at radius 3 is 2.62 bits per heavy atom. The third-order valence-corrected chi connectivity index (χ3v) is 7.15. The number of thiazole rings is 1. The van der Waals surface area contributed by atoms with Crippen LogP contribution >= 0.6 is 22.9 Å². The average Bonchev–Trinajstić information content (AvgIpc) is 3.16. The first-order chi connectivity index (χ1) is 11.2. The van der Waals surface area contributed by atoms with Crippen LogP contribution in [0.15, 0.2) is 34.7 Å². The Labute approximate surface area is 148 Å². The van der Waals surface area contributed by atoms with Gasteiger partial charge in [0.25, 0.3) is 10.0 Å². The molecule has 6 nitrogen and oxygen atoms in total. The fourth-order valence-electron chi connectivity index (χ4n) is 2.53. The number of carboxylic acid groups (broad SMARTS) is 1. The number of carbonyl (C=O) groups is 1. The van der Waals surface area contributed by atoms with E-state index in [0.717, 1.165) is 5.56 Å². The Kier molecular flexibility index (Phi) is 4.41. The van der Waals surface area contributed by atoms with E-state index in [1.165, 1.54) is 21.0 Å². The summed E-state index contributed by atoms with van der Waals surface area (Å²) in [4.78, 5) is 15.5. The highest BCUT2D eigenvalue weighted by Gasteiger charge is 2.45. The molecule has 24 heavy (non-hydrogen) atoms. The molecule has 1 saturated heterocycles. The summed E-state index contributed by atoms with van der Waals surface area (Å²) in [6.45, 7) is 1.70. The third kappa shape index (κ3) is 3.06. The molecule has 0 aliphatic carbocycles. The number of hydrogen-bond donors (Lipinski definition) is 1. The van der Waals surface area contributed by atoms with E-state index in [4.69, 9.17) is 11.6 Å². The maximum atomic E-state index is 12.7. The second kappa shape index (κ2) is 6.11.